The minimum Gasteiger partial charge on any atom is -0.345 e. The van der Waals surface area contributed by atoms with E-state index in [1.807, 2.05) is 0 Å². The van der Waals surface area contributed by atoms with Crippen molar-refractivity contribution in [3.05, 3.63) is 0 Å². The topological polar surface area (TPSA) is 98.7 Å². The Morgan fingerprint density at radius 1 is 0.585 bits per heavy atom. The van der Waals surface area contributed by atoms with Crippen LogP contribution in [0.5, 0.6) is 0 Å². The Balaban J connectivity index is 0.881. The fourth-order valence-corrected chi connectivity index (χ4v) is 13.0. The van der Waals surface area contributed by atoms with Gasteiger partial charge in [0.15, 0.2) is 12.1 Å². The molecule has 228 valence electrons. The lowest BCUT2D eigenvalue weighted by Gasteiger charge is -2.57. The first kappa shape index (κ1) is 27.3. The van der Waals surface area contributed by atoms with E-state index in [2.05, 4.69) is 10.6 Å². The summed E-state index contributed by atoms with van der Waals surface area (Å²) < 4.78 is -0.412. The molecule has 0 unspecified atom stereocenters. The molecule has 4 N–H and O–H groups in total. The Kier molecular flexibility index (Phi) is 6.43. The molecule has 10 aliphatic rings. The first-order chi connectivity index (χ1) is 19.6. The first-order valence-corrected chi connectivity index (χ1v) is 17.5. The van der Waals surface area contributed by atoms with Crippen LogP contribution < -0.4 is 10.6 Å². The second-order valence-corrected chi connectivity index (χ2v) is 16.9. The van der Waals surface area contributed by atoms with Crippen LogP contribution in [0.15, 0.2) is 0 Å². The Labute approximate surface area is 245 Å². The van der Waals surface area contributed by atoms with Crippen molar-refractivity contribution in [1.82, 2.24) is 10.6 Å². The van der Waals surface area contributed by atoms with E-state index in [0.29, 0.717) is 32.6 Å². The van der Waals surface area contributed by atoms with Crippen molar-refractivity contribution >= 4 is 11.8 Å². The van der Waals surface area contributed by atoms with Gasteiger partial charge in [-0.1, -0.05) is 0 Å². The Morgan fingerprint density at radius 2 is 0.902 bits per heavy atom. The molecule has 0 aromatic carbocycles. The number of rotatable bonds is 8. The van der Waals surface area contributed by atoms with Gasteiger partial charge >= 0.3 is 0 Å². The molecule has 8 bridgehead atoms. The molecule has 2 amide bonds. The third-order valence-corrected chi connectivity index (χ3v) is 13.8. The third-order valence-electron chi connectivity index (χ3n) is 13.8. The summed E-state index contributed by atoms with van der Waals surface area (Å²) in [6.07, 6.45) is 18.6. The van der Waals surface area contributed by atoms with Gasteiger partial charge in [0.1, 0.15) is 26.2 Å². The molecule has 10 fully saturated rings. The number of nitrogens with one attached hydrogen (secondary N) is 2. The van der Waals surface area contributed by atoms with Crippen LogP contribution in [0.25, 0.3) is 0 Å². The summed E-state index contributed by atoms with van der Waals surface area (Å²) in [4.78, 5) is 27.4. The van der Waals surface area contributed by atoms with Crippen LogP contribution in [0.3, 0.4) is 0 Å². The first-order valence-electron chi connectivity index (χ1n) is 17.5. The number of hydrogen-bond donors (Lipinski definition) is 4. The van der Waals surface area contributed by atoms with E-state index >= 15 is 0 Å². The molecule has 0 aromatic rings. The van der Waals surface area contributed by atoms with Crippen molar-refractivity contribution in [2.24, 2.45) is 35.5 Å². The molecule has 0 aromatic heterocycles. The monoisotopic (exact) mass is 570 g/mol. The van der Waals surface area contributed by atoms with Crippen molar-refractivity contribution in [2.45, 2.75) is 132 Å². The fraction of sp³-hybridized carbons (Fsp3) is 0.939. The van der Waals surface area contributed by atoms with Gasteiger partial charge in [0.2, 0.25) is 0 Å². The van der Waals surface area contributed by atoms with E-state index in [1.165, 1.54) is 38.5 Å². The number of amides is 2. The molecule has 8 saturated carbocycles. The summed E-state index contributed by atoms with van der Waals surface area (Å²) in [5, 5.41) is 30.5. The van der Waals surface area contributed by atoms with Gasteiger partial charge in [-0.3, -0.25) is 9.59 Å². The average Bonchev–Trinajstić information content (AvgIpc) is 3.44. The quantitative estimate of drug-likeness (QED) is 0.328. The lowest BCUT2D eigenvalue weighted by Crippen LogP contribution is -2.65. The van der Waals surface area contributed by atoms with Crippen molar-refractivity contribution in [3.8, 4) is 0 Å². The second-order valence-electron chi connectivity index (χ2n) is 16.9. The highest BCUT2D eigenvalue weighted by Gasteiger charge is 2.56. The molecular weight excluding hydrogens is 516 g/mol. The number of quaternary nitrogens is 2. The molecule has 8 aliphatic carbocycles. The van der Waals surface area contributed by atoms with Crippen molar-refractivity contribution < 1.29 is 29.3 Å². The van der Waals surface area contributed by atoms with Gasteiger partial charge in [0, 0.05) is 36.8 Å². The van der Waals surface area contributed by atoms with Crippen LogP contribution in [-0.4, -0.2) is 80.9 Å². The minimum absolute atomic E-state index is 0.0353. The molecule has 2 heterocycles. The molecule has 2 saturated heterocycles. The van der Waals surface area contributed by atoms with E-state index in [9.17, 15) is 20.0 Å². The maximum atomic E-state index is 13.7. The summed E-state index contributed by atoms with van der Waals surface area (Å²) >= 11 is 0. The zero-order valence-electron chi connectivity index (χ0n) is 25.1. The lowest BCUT2D eigenvalue weighted by atomic mass is 9.53. The van der Waals surface area contributed by atoms with Crippen LogP contribution in [0.1, 0.15) is 109 Å². The number of nitrogens with zero attached hydrogens (tertiary/aromatic N) is 2. The van der Waals surface area contributed by atoms with Crippen LogP contribution in [0.2, 0.25) is 0 Å². The largest absolute Gasteiger partial charge is 0.345 e. The number of hydroxylamine groups is 6. The second kappa shape index (κ2) is 9.64. The highest BCUT2D eigenvalue weighted by atomic mass is 16.6. The van der Waals surface area contributed by atoms with Crippen molar-refractivity contribution in [3.63, 3.8) is 0 Å². The smallest absolute Gasteiger partial charge is 0.281 e. The Bertz CT molecular complexity index is 927. The molecule has 4 atom stereocenters. The standard InChI is InChI=1S/C33H52N4O4/c38-30(34-32-16-22-10-23(17-32)12-24(11-22)18-32)28-4-1-6-36(28,40)8-3-9-37(41)7-2-5-29(37)31(39)35-33-19-25-13-26(20-33)15-27(14-25)21-33/h22-29,40-41H,1-21H2/p+2/t22?,23?,24?,25?,26?,27?,28-,29-,32?,33?,36+,37+/m0/s1. The summed E-state index contributed by atoms with van der Waals surface area (Å²) in [6, 6.07) is -0.826. The minimum atomic E-state index is -0.413. The number of carbonyl (C=O) groups is 2. The predicted molar refractivity (Wildman–Crippen MR) is 152 cm³/mol. The summed E-state index contributed by atoms with van der Waals surface area (Å²) in [5.74, 6) is 4.75. The zero-order chi connectivity index (χ0) is 28.0. The Morgan fingerprint density at radius 3 is 1.22 bits per heavy atom. The third kappa shape index (κ3) is 4.78. The zero-order valence-corrected chi connectivity index (χ0v) is 25.1. The molecule has 8 nitrogen and oxygen atoms in total. The van der Waals surface area contributed by atoms with Gasteiger partial charge in [-0.25, -0.2) is 10.4 Å². The SMILES string of the molecule is O=C(NC12CC3CC(CC(C3)C1)C2)[C@@H]1CCC[N@@+]1(O)CCC[N@+]1(O)CCC[C@H]1C(=O)NC12CC3CC(CC(C3)C1)C2. The molecular formula is C33H54N4O4+2. The Hall–Kier alpha value is -1.22. The van der Waals surface area contributed by atoms with E-state index < -0.39 is 12.1 Å². The van der Waals surface area contributed by atoms with Crippen LogP contribution in [0.4, 0.5) is 0 Å². The van der Waals surface area contributed by atoms with Gasteiger partial charge in [0.05, 0.1) is 6.42 Å². The van der Waals surface area contributed by atoms with E-state index in [1.54, 1.807) is 0 Å². The van der Waals surface area contributed by atoms with Crippen molar-refractivity contribution in [1.29, 1.82) is 0 Å². The lowest BCUT2D eigenvalue weighted by molar-refractivity contribution is -1.12. The predicted octanol–water partition coefficient (Wildman–Crippen LogP) is 4.28. The number of likely N-dealkylation sites (tertiary alicyclic amines) is 2. The maximum Gasteiger partial charge on any atom is 0.281 e. The van der Waals surface area contributed by atoms with Gasteiger partial charge < -0.3 is 10.6 Å². The molecule has 41 heavy (non-hydrogen) atoms. The maximum absolute atomic E-state index is 13.7. The molecule has 0 radical (unpaired) electrons. The summed E-state index contributed by atoms with van der Waals surface area (Å²) in [7, 11) is 0. The molecule has 8 heteroatoms. The van der Waals surface area contributed by atoms with Crippen LogP contribution >= 0.6 is 0 Å². The molecule has 0 spiro atoms. The fourth-order valence-electron chi connectivity index (χ4n) is 13.0. The highest BCUT2D eigenvalue weighted by molar-refractivity contribution is 5.82. The van der Waals surface area contributed by atoms with Crippen LogP contribution in [-0.2, 0) is 9.59 Å². The van der Waals surface area contributed by atoms with Gasteiger partial charge in [-0.2, -0.15) is 9.29 Å². The van der Waals surface area contributed by atoms with Gasteiger partial charge in [-0.15, -0.1) is 0 Å². The summed E-state index contributed by atoms with van der Waals surface area (Å²) in [5.41, 5.74) is -0.0706. The normalized spacial score (nSPS) is 52.7. The van der Waals surface area contributed by atoms with Gasteiger partial charge in [0.25, 0.3) is 11.8 Å². The van der Waals surface area contributed by atoms with Crippen LogP contribution in [0, 0.1) is 35.5 Å². The van der Waals surface area contributed by atoms with Gasteiger partial charge in [-0.05, 0) is 113 Å². The highest BCUT2D eigenvalue weighted by Crippen LogP contribution is 2.57. The summed E-state index contributed by atoms with van der Waals surface area (Å²) in [6.45, 7) is 2.12. The van der Waals surface area contributed by atoms with E-state index in [-0.39, 0.29) is 32.2 Å². The number of carbonyl (C=O) groups excluding carboxylic acids is 2. The number of hydrogen-bond acceptors (Lipinski definition) is 4. The van der Waals surface area contributed by atoms with E-state index in [4.69, 9.17) is 0 Å². The van der Waals surface area contributed by atoms with E-state index in [0.717, 1.165) is 99.7 Å². The molecule has 10 rings (SSSR count). The average molecular weight is 571 g/mol. The molecule has 2 aliphatic heterocycles. The van der Waals surface area contributed by atoms with Crippen molar-refractivity contribution in [2.75, 3.05) is 26.2 Å².